The van der Waals surface area contributed by atoms with Crippen LogP contribution in [0.5, 0.6) is 0 Å². The summed E-state index contributed by atoms with van der Waals surface area (Å²) in [5.74, 6) is 1.06. The van der Waals surface area contributed by atoms with E-state index in [1.165, 1.54) is 32.6 Å². The van der Waals surface area contributed by atoms with Crippen molar-refractivity contribution in [1.82, 2.24) is 0 Å². The van der Waals surface area contributed by atoms with Crippen molar-refractivity contribution in [3.63, 3.8) is 0 Å². The van der Waals surface area contributed by atoms with E-state index in [9.17, 15) is 14.7 Å². The summed E-state index contributed by atoms with van der Waals surface area (Å²) in [6, 6.07) is 0. The van der Waals surface area contributed by atoms with Gasteiger partial charge in [-0.15, -0.1) is 0 Å². The number of hydrogen-bond acceptors (Lipinski definition) is 4. The molecule has 0 aromatic heterocycles. The van der Waals surface area contributed by atoms with Crippen LogP contribution in [0.25, 0.3) is 0 Å². The van der Waals surface area contributed by atoms with Gasteiger partial charge >= 0.3 is 5.97 Å². The first-order chi connectivity index (χ1) is 13.9. The van der Waals surface area contributed by atoms with Gasteiger partial charge in [0.15, 0.2) is 0 Å². The molecule has 0 spiro atoms. The molecule has 8 atom stereocenters. The van der Waals surface area contributed by atoms with Crippen LogP contribution in [0, 0.1) is 39.4 Å². The van der Waals surface area contributed by atoms with E-state index in [-0.39, 0.29) is 28.8 Å². The molecule has 0 heterocycles. The maximum atomic E-state index is 12.1. The van der Waals surface area contributed by atoms with Crippen molar-refractivity contribution in [3.05, 3.63) is 11.6 Å². The number of aldehydes is 1. The Morgan fingerprint density at radius 1 is 1.03 bits per heavy atom. The van der Waals surface area contributed by atoms with Gasteiger partial charge < -0.3 is 9.84 Å². The van der Waals surface area contributed by atoms with E-state index in [4.69, 9.17) is 4.74 Å². The minimum Gasteiger partial charge on any atom is -0.462 e. The summed E-state index contributed by atoms with van der Waals surface area (Å²) in [4.78, 5) is 23.7. The number of carbonyl (C=O) groups excluding carboxylic acids is 2. The molecule has 168 valence electrons. The third-order valence-electron chi connectivity index (χ3n) is 10.3. The van der Waals surface area contributed by atoms with Crippen molar-refractivity contribution in [3.8, 4) is 0 Å². The zero-order valence-electron chi connectivity index (χ0n) is 19.7. The lowest BCUT2D eigenvalue weighted by Gasteiger charge is -2.69. The van der Waals surface area contributed by atoms with Crippen LogP contribution in [0.1, 0.15) is 86.5 Å². The van der Waals surface area contributed by atoms with Crippen LogP contribution >= 0.6 is 0 Å². The van der Waals surface area contributed by atoms with E-state index >= 15 is 0 Å². The molecule has 3 fully saturated rings. The Morgan fingerprint density at radius 3 is 2.33 bits per heavy atom. The number of hydrogen-bond donors (Lipinski definition) is 1. The fourth-order valence-corrected chi connectivity index (χ4v) is 9.06. The lowest BCUT2D eigenvalue weighted by atomic mass is 9.35. The average molecular weight is 417 g/mol. The third kappa shape index (κ3) is 2.96. The Kier molecular flexibility index (Phi) is 5.08. The number of ether oxygens (including phenoxy) is 1. The molecule has 1 unspecified atom stereocenters. The van der Waals surface area contributed by atoms with E-state index in [1.807, 2.05) is 6.08 Å². The van der Waals surface area contributed by atoms with Crippen LogP contribution in [-0.2, 0) is 14.3 Å². The van der Waals surface area contributed by atoms with Crippen LogP contribution < -0.4 is 0 Å². The molecular formula is C26H40O4. The molecule has 0 aromatic rings. The second kappa shape index (κ2) is 6.92. The maximum absolute atomic E-state index is 12.1. The number of esters is 1. The Bertz CT molecular complexity index is 769. The van der Waals surface area contributed by atoms with E-state index < -0.39 is 11.5 Å². The highest BCUT2D eigenvalue weighted by molar-refractivity contribution is 5.75. The molecule has 0 saturated heterocycles. The summed E-state index contributed by atoms with van der Waals surface area (Å²) in [5, 5.41) is 10.8. The zero-order chi connectivity index (χ0) is 22.1. The molecule has 0 aliphatic heterocycles. The molecule has 3 saturated carbocycles. The monoisotopic (exact) mass is 416 g/mol. The minimum absolute atomic E-state index is 0.0654. The standard InChI is InChI=1S/C26H40O4/c1-16(28)30-22-13-21-24(4)10-7-9-23(2,3)19(24)8-11-25(21,5)20-12-18(29)17(15-27)14-26(20,22)6/h14-15,18-22,29H,7-13H2,1-6H3/t18-,19?,20-,21+,22-,24-,25-,26+/m0/s1. The van der Waals surface area contributed by atoms with Gasteiger partial charge in [-0.2, -0.15) is 0 Å². The average Bonchev–Trinajstić information content (AvgIpc) is 2.63. The largest absolute Gasteiger partial charge is 0.462 e. The third-order valence-corrected chi connectivity index (χ3v) is 10.3. The predicted octanol–water partition coefficient (Wildman–Crippen LogP) is 5.08. The van der Waals surface area contributed by atoms with Gasteiger partial charge in [0.2, 0.25) is 0 Å². The molecule has 0 amide bonds. The molecule has 4 nitrogen and oxygen atoms in total. The molecule has 4 aliphatic carbocycles. The molecule has 0 radical (unpaired) electrons. The van der Waals surface area contributed by atoms with E-state index in [1.54, 1.807) is 0 Å². The van der Waals surface area contributed by atoms with E-state index in [2.05, 4.69) is 34.6 Å². The molecular weight excluding hydrogens is 376 g/mol. The molecule has 4 rings (SSSR count). The highest BCUT2D eigenvalue weighted by Gasteiger charge is 2.67. The Hall–Kier alpha value is -1.16. The highest BCUT2D eigenvalue weighted by Crippen LogP contribution is 2.72. The fraction of sp³-hybridized carbons (Fsp3) is 0.846. The lowest BCUT2D eigenvalue weighted by Crippen LogP contribution is -2.65. The smallest absolute Gasteiger partial charge is 0.302 e. The lowest BCUT2D eigenvalue weighted by molar-refractivity contribution is -0.226. The molecule has 4 heteroatoms. The molecule has 0 aromatic carbocycles. The van der Waals surface area contributed by atoms with Gasteiger partial charge in [0, 0.05) is 17.9 Å². The summed E-state index contributed by atoms with van der Waals surface area (Å²) in [6.45, 7) is 13.5. The summed E-state index contributed by atoms with van der Waals surface area (Å²) in [5.41, 5.74) is 0.651. The topological polar surface area (TPSA) is 63.6 Å². The fourth-order valence-electron chi connectivity index (χ4n) is 9.06. The summed E-state index contributed by atoms with van der Waals surface area (Å²) < 4.78 is 5.98. The second-order valence-corrected chi connectivity index (χ2v) is 12.3. The minimum atomic E-state index is -0.720. The first-order valence-electron chi connectivity index (χ1n) is 11.9. The van der Waals surface area contributed by atoms with Gasteiger partial charge in [-0.05, 0) is 72.5 Å². The number of rotatable bonds is 2. The summed E-state index contributed by atoms with van der Waals surface area (Å²) in [7, 11) is 0. The number of fused-ring (bicyclic) bond motifs is 5. The number of carbonyl (C=O) groups is 2. The van der Waals surface area contributed by atoms with Crippen LogP contribution in [0.2, 0.25) is 0 Å². The number of aliphatic hydroxyl groups is 1. The zero-order valence-corrected chi connectivity index (χ0v) is 19.7. The second-order valence-electron chi connectivity index (χ2n) is 12.3. The molecule has 30 heavy (non-hydrogen) atoms. The number of aliphatic hydroxyl groups excluding tert-OH is 1. The summed E-state index contributed by atoms with van der Waals surface area (Å²) in [6.07, 6.45) is 9.34. The highest BCUT2D eigenvalue weighted by atomic mass is 16.5. The van der Waals surface area contributed by atoms with Gasteiger partial charge in [0.25, 0.3) is 0 Å². The van der Waals surface area contributed by atoms with Crippen LogP contribution in [0.3, 0.4) is 0 Å². The Morgan fingerprint density at radius 2 is 1.70 bits per heavy atom. The first kappa shape index (κ1) is 22.0. The normalized spacial score (nSPS) is 49.7. The van der Waals surface area contributed by atoms with Gasteiger partial charge in [0.05, 0.1) is 6.10 Å². The van der Waals surface area contributed by atoms with Gasteiger partial charge in [-0.1, -0.05) is 47.1 Å². The van der Waals surface area contributed by atoms with Gasteiger partial charge in [-0.3, -0.25) is 9.59 Å². The Balaban J connectivity index is 1.83. The van der Waals surface area contributed by atoms with Crippen molar-refractivity contribution >= 4 is 12.3 Å². The van der Waals surface area contributed by atoms with Gasteiger partial charge in [0.1, 0.15) is 12.4 Å². The van der Waals surface area contributed by atoms with Crippen molar-refractivity contribution in [2.75, 3.05) is 0 Å². The van der Waals surface area contributed by atoms with Crippen LogP contribution in [-0.4, -0.2) is 29.6 Å². The predicted molar refractivity (Wildman–Crippen MR) is 117 cm³/mol. The van der Waals surface area contributed by atoms with Crippen molar-refractivity contribution in [2.24, 2.45) is 39.4 Å². The van der Waals surface area contributed by atoms with E-state index in [0.29, 0.717) is 29.2 Å². The van der Waals surface area contributed by atoms with Crippen LogP contribution in [0.4, 0.5) is 0 Å². The van der Waals surface area contributed by atoms with Gasteiger partial charge in [-0.25, -0.2) is 0 Å². The molecule has 4 aliphatic rings. The van der Waals surface area contributed by atoms with Crippen molar-refractivity contribution in [2.45, 2.75) is 98.7 Å². The SMILES string of the molecule is CC(=O)O[C@H]1C[C@H]2[C@@](C)(CCC3C(C)(C)CCC[C@@]32C)[C@@H]2C[C@H](O)C(C=O)=C[C@@]12C. The van der Waals surface area contributed by atoms with E-state index in [0.717, 1.165) is 19.1 Å². The first-order valence-corrected chi connectivity index (χ1v) is 11.9. The quantitative estimate of drug-likeness (QED) is 0.503. The molecule has 1 N–H and O–H groups in total. The molecule has 0 bridgehead atoms. The van der Waals surface area contributed by atoms with Crippen molar-refractivity contribution in [1.29, 1.82) is 0 Å². The Labute approximate surface area is 181 Å². The summed E-state index contributed by atoms with van der Waals surface area (Å²) >= 11 is 0. The maximum Gasteiger partial charge on any atom is 0.302 e. The van der Waals surface area contributed by atoms with Crippen molar-refractivity contribution < 1.29 is 19.4 Å². The van der Waals surface area contributed by atoms with Crippen LogP contribution in [0.15, 0.2) is 11.6 Å².